The summed E-state index contributed by atoms with van der Waals surface area (Å²) >= 11 is 0. The molecule has 6 rings (SSSR count). The van der Waals surface area contributed by atoms with Gasteiger partial charge in [0.2, 0.25) is 11.8 Å². The van der Waals surface area contributed by atoms with Crippen LogP contribution in [0.15, 0.2) is 60.9 Å². The molecule has 2 fully saturated rings. The van der Waals surface area contributed by atoms with Crippen LogP contribution in [-0.4, -0.2) is 61.9 Å². The molecule has 2 aromatic carbocycles. The number of piperidine rings is 1. The van der Waals surface area contributed by atoms with Gasteiger partial charge in [0.05, 0.1) is 17.4 Å². The lowest BCUT2D eigenvalue weighted by Gasteiger charge is -2.34. The number of rotatable bonds is 7. The minimum absolute atomic E-state index is 0.00314. The van der Waals surface area contributed by atoms with Crippen LogP contribution in [0.2, 0.25) is 0 Å². The number of carbonyl (C=O) groups excluding carboxylic acids is 1. The molecule has 1 amide bonds. The van der Waals surface area contributed by atoms with E-state index in [-0.39, 0.29) is 24.2 Å². The fraction of sp³-hybridized carbons (Fsp3) is 0.459. The van der Waals surface area contributed by atoms with E-state index in [9.17, 15) is 9.90 Å². The minimum atomic E-state index is -0.538. The third-order valence-corrected chi connectivity index (χ3v) is 8.96. The lowest BCUT2D eigenvalue weighted by atomic mass is 9.81. The third kappa shape index (κ3) is 7.41. The molecule has 0 bridgehead atoms. The van der Waals surface area contributed by atoms with Gasteiger partial charge in [-0.3, -0.25) is 0 Å². The highest BCUT2D eigenvalue weighted by atomic mass is 16.6. The Morgan fingerprint density at radius 1 is 0.978 bits per heavy atom. The summed E-state index contributed by atoms with van der Waals surface area (Å²) in [5.74, 6) is 1.99. The van der Waals surface area contributed by atoms with Crippen LogP contribution in [0, 0.1) is 12.8 Å². The number of aromatic nitrogens is 3. The van der Waals surface area contributed by atoms with E-state index in [4.69, 9.17) is 14.5 Å². The van der Waals surface area contributed by atoms with E-state index in [1.807, 2.05) is 45.9 Å². The van der Waals surface area contributed by atoms with E-state index in [1.165, 1.54) is 12.0 Å². The van der Waals surface area contributed by atoms with E-state index >= 15 is 0 Å². The SMILES string of the molecule is Cc1ccc2c(CC3CCCC[C@H]3O)cccc2c1Oc1ncccc1-c1ccnc(N[C@H]2CCCN(C(=O)OC(C)(C)C)C2)n1. The van der Waals surface area contributed by atoms with Crippen LogP contribution in [0.5, 0.6) is 11.6 Å². The maximum Gasteiger partial charge on any atom is 0.410 e. The second-order valence-electron chi connectivity index (χ2n) is 13.7. The van der Waals surface area contributed by atoms with Crippen LogP contribution < -0.4 is 10.1 Å². The molecule has 4 aromatic rings. The molecule has 1 aliphatic heterocycles. The number of fused-ring (bicyclic) bond motifs is 1. The van der Waals surface area contributed by atoms with E-state index in [0.717, 1.165) is 66.2 Å². The number of hydrogen-bond acceptors (Lipinski definition) is 8. The molecule has 9 nitrogen and oxygen atoms in total. The zero-order chi connectivity index (χ0) is 32.3. The molecule has 2 N–H and O–H groups in total. The van der Waals surface area contributed by atoms with Crippen LogP contribution in [0.1, 0.15) is 70.4 Å². The predicted molar refractivity (Wildman–Crippen MR) is 180 cm³/mol. The molecule has 1 unspecified atom stereocenters. The number of pyridine rings is 1. The highest BCUT2D eigenvalue weighted by Crippen LogP contribution is 2.39. The number of aliphatic hydroxyl groups is 1. The lowest BCUT2D eigenvalue weighted by Crippen LogP contribution is -2.47. The van der Waals surface area contributed by atoms with Crippen molar-refractivity contribution in [2.75, 3.05) is 18.4 Å². The number of anilines is 1. The molecule has 2 aromatic heterocycles. The van der Waals surface area contributed by atoms with Crippen molar-refractivity contribution < 1.29 is 19.4 Å². The molecule has 1 saturated carbocycles. The molecular formula is C37H45N5O4. The predicted octanol–water partition coefficient (Wildman–Crippen LogP) is 7.70. The van der Waals surface area contributed by atoms with Gasteiger partial charge >= 0.3 is 6.09 Å². The molecule has 46 heavy (non-hydrogen) atoms. The van der Waals surface area contributed by atoms with Gasteiger partial charge in [-0.1, -0.05) is 43.2 Å². The summed E-state index contributed by atoms with van der Waals surface area (Å²) in [4.78, 5) is 28.4. The maximum atomic E-state index is 12.7. The molecule has 242 valence electrons. The number of nitrogens with zero attached hydrogens (tertiary/aromatic N) is 4. The molecule has 1 saturated heterocycles. The second kappa shape index (κ2) is 13.6. The summed E-state index contributed by atoms with van der Waals surface area (Å²) < 4.78 is 12.2. The van der Waals surface area contributed by atoms with E-state index < -0.39 is 5.60 Å². The van der Waals surface area contributed by atoms with Crippen molar-refractivity contribution in [3.8, 4) is 22.9 Å². The average Bonchev–Trinajstić information content (AvgIpc) is 3.03. The Balaban J connectivity index is 1.23. The Morgan fingerprint density at radius 3 is 2.65 bits per heavy atom. The minimum Gasteiger partial charge on any atom is -0.444 e. The van der Waals surface area contributed by atoms with Gasteiger partial charge in [0.25, 0.3) is 0 Å². The number of benzene rings is 2. The van der Waals surface area contributed by atoms with Crippen molar-refractivity contribution >= 4 is 22.8 Å². The molecule has 2 aliphatic rings. The van der Waals surface area contributed by atoms with Crippen LogP contribution in [0.25, 0.3) is 22.0 Å². The zero-order valence-electron chi connectivity index (χ0n) is 27.3. The number of ether oxygens (including phenoxy) is 2. The number of amides is 1. The Hall–Kier alpha value is -4.24. The van der Waals surface area contributed by atoms with Crippen LogP contribution >= 0.6 is 0 Å². The molecule has 3 heterocycles. The largest absolute Gasteiger partial charge is 0.444 e. The van der Waals surface area contributed by atoms with Gasteiger partial charge in [-0.05, 0) is 100 Å². The molecule has 1 aliphatic carbocycles. The zero-order valence-corrected chi connectivity index (χ0v) is 27.3. The Morgan fingerprint density at radius 2 is 1.83 bits per heavy atom. The monoisotopic (exact) mass is 623 g/mol. The Kier molecular flexibility index (Phi) is 9.40. The third-order valence-electron chi connectivity index (χ3n) is 8.96. The number of aryl methyl sites for hydroxylation is 1. The normalized spacial score (nSPS) is 20.4. The van der Waals surface area contributed by atoms with Crippen molar-refractivity contribution in [2.24, 2.45) is 5.92 Å². The van der Waals surface area contributed by atoms with Crippen molar-refractivity contribution in [2.45, 2.75) is 90.4 Å². The van der Waals surface area contributed by atoms with E-state index in [2.05, 4.69) is 45.6 Å². The lowest BCUT2D eigenvalue weighted by molar-refractivity contribution is 0.0206. The highest BCUT2D eigenvalue weighted by molar-refractivity contribution is 5.92. The topological polar surface area (TPSA) is 110 Å². The van der Waals surface area contributed by atoms with Crippen LogP contribution in [-0.2, 0) is 11.2 Å². The van der Waals surface area contributed by atoms with Crippen molar-refractivity contribution in [3.05, 3.63) is 72.1 Å². The molecule has 0 radical (unpaired) electrons. The highest BCUT2D eigenvalue weighted by Gasteiger charge is 2.28. The van der Waals surface area contributed by atoms with E-state index in [1.54, 1.807) is 17.3 Å². The summed E-state index contributed by atoms with van der Waals surface area (Å²) in [5, 5.41) is 16.2. The van der Waals surface area contributed by atoms with Crippen LogP contribution in [0.4, 0.5) is 10.7 Å². The number of aliphatic hydroxyl groups excluding tert-OH is 1. The summed E-state index contributed by atoms with van der Waals surface area (Å²) in [6.45, 7) is 8.87. The first-order valence-electron chi connectivity index (χ1n) is 16.5. The Labute approximate surface area is 271 Å². The summed E-state index contributed by atoms with van der Waals surface area (Å²) in [6, 6.07) is 16.3. The summed E-state index contributed by atoms with van der Waals surface area (Å²) in [6.07, 6.45) is 9.75. The number of carbonyl (C=O) groups is 1. The standard InChI is InChI=1S/C37H45N5O4/c1-24-16-17-28-25(22-26-10-5-6-15-32(26)43)11-7-13-29(28)33(24)45-34-30(14-8-19-38-34)31-18-20-39-35(41-31)40-27-12-9-21-42(23-27)36(44)46-37(2,3)4/h7-8,11,13-14,16-20,26-27,32,43H,5-6,9-10,12,15,21-23H2,1-4H3,(H,39,40,41)/t26?,27-,32+/m0/s1. The maximum absolute atomic E-state index is 12.7. The molecule has 0 spiro atoms. The molecule has 3 atom stereocenters. The first kappa shape index (κ1) is 31.7. The second-order valence-corrected chi connectivity index (χ2v) is 13.7. The van der Waals surface area contributed by atoms with Crippen LogP contribution in [0.3, 0.4) is 0 Å². The summed E-state index contributed by atoms with van der Waals surface area (Å²) in [5.41, 5.74) is 3.14. The number of likely N-dealkylation sites (tertiary alicyclic amines) is 1. The van der Waals surface area contributed by atoms with Gasteiger partial charge in [0, 0.05) is 36.9 Å². The number of nitrogens with one attached hydrogen (secondary N) is 1. The quantitative estimate of drug-likeness (QED) is 0.216. The van der Waals surface area contributed by atoms with Gasteiger partial charge in [-0.2, -0.15) is 0 Å². The molecular weight excluding hydrogens is 578 g/mol. The fourth-order valence-electron chi connectivity index (χ4n) is 6.64. The fourth-order valence-corrected chi connectivity index (χ4v) is 6.64. The first-order valence-corrected chi connectivity index (χ1v) is 16.5. The van der Waals surface area contributed by atoms with E-state index in [0.29, 0.717) is 30.6 Å². The molecule has 9 heteroatoms. The average molecular weight is 624 g/mol. The smallest absolute Gasteiger partial charge is 0.410 e. The Bertz CT molecular complexity index is 1690. The van der Waals surface area contributed by atoms with Crippen molar-refractivity contribution in [1.82, 2.24) is 19.9 Å². The van der Waals surface area contributed by atoms with Crippen molar-refractivity contribution in [1.29, 1.82) is 0 Å². The van der Waals surface area contributed by atoms with Gasteiger partial charge in [0.15, 0.2) is 0 Å². The van der Waals surface area contributed by atoms with Gasteiger partial charge < -0.3 is 24.8 Å². The van der Waals surface area contributed by atoms with Gasteiger partial charge in [-0.15, -0.1) is 0 Å². The summed E-state index contributed by atoms with van der Waals surface area (Å²) in [7, 11) is 0. The first-order chi connectivity index (χ1) is 22.1. The van der Waals surface area contributed by atoms with Gasteiger partial charge in [0.1, 0.15) is 11.4 Å². The van der Waals surface area contributed by atoms with Gasteiger partial charge in [-0.25, -0.2) is 19.7 Å². The number of hydrogen-bond donors (Lipinski definition) is 2. The van der Waals surface area contributed by atoms with Crippen molar-refractivity contribution in [3.63, 3.8) is 0 Å².